The zero-order chi connectivity index (χ0) is 20.6. The molecular weight excluding hydrogens is 414 g/mol. The average molecular weight is 440 g/mol. The van der Waals surface area contributed by atoms with E-state index in [4.69, 9.17) is 0 Å². The van der Waals surface area contributed by atoms with Gasteiger partial charge in [0.05, 0.1) is 4.90 Å². The Morgan fingerprint density at radius 1 is 1.03 bits per heavy atom. The zero-order valence-electron chi connectivity index (χ0n) is 16.8. The van der Waals surface area contributed by atoms with Gasteiger partial charge in [0.15, 0.2) is 9.84 Å². The fourth-order valence-corrected chi connectivity index (χ4v) is 7.12. The standard InChI is InChI=1S/C23H25N3O2S2/c27-30(28,15-23-24-16-25-29-23)19-10-11-20-18(14-19)9-12-22(20)26-13-5-4-8-21(26)17-6-2-1-3-7-17/h1-3,6-7,10-11,14,16,21-22H,4-5,8-9,12-13,15H2/t21-,22-/m0/s1. The molecule has 156 valence electrons. The Hall–Kier alpha value is -2.09. The SMILES string of the molecule is O=S(=O)(Cc1ncns1)c1ccc2c(c1)CC[C@@H]2N1CCCC[C@H]1c1ccccc1. The second-order valence-corrected chi connectivity index (χ2v) is 11.0. The maximum atomic E-state index is 12.8. The van der Waals surface area contributed by atoms with Crippen molar-refractivity contribution in [1.82, 2.24) is 14.3 Å². The van der Waals surface area contributed by atoms with Crippen molar-refractivity contribution < 1.29 is 8.42 Å². The van der Waals surface area contributed by atoms with E-state index in [2.05, 4.69) is 50.7 Å². The molecule has 7 heteroatoms. The van der Waals surface area contributed by atoms with Crippen LogP contribution in [0.2, 0.25) is 0 Å². The van der Waals surface area contributed by atoms with E-state index >= 15 is 0 Å². The van der Waals surface area contributed by atoms with Gasteiger partial charge < -0.3 is 0 Å². The summed E-state index contributed by atoms with van der Waals surface area (Å²) in [6, 6.07) is 17.3. The summed E-state index contributed by atoms with van der Waals surface area (Å²) in [6.45, 7) is 1.10. The lowest BCUT2D eigenvalue weighted by Gasteiger charge is -2.40. The number of hydrogen-bond acceptors (Lipinski definition) is 6. The van der Waals surface area contributed by atoms with Gasteiger partial charge in [-0.25, -0.2) is 13.4 Å². The summed E-state index contributed by atoms with van der Waals surface area (Å²) in [7, 11) is -3.41. The number of likely N-dealkylation sites (tertiary alicyclic amines) is 1. The molecule has 5 nitrogen and oxygen atoms in total. The van der Waals surface area contributed by atoms with Crippen LogP contribution in [-0.4, -0.2) is 29.2 Å². The summed E-state index contributed by atoms with van der Waals surface area (Å²) in [6.07, 6.45) is 7.06. The van der Waals surface area contributed by atoms with Crippen molar-refractivity contribution in [3.8, 4) is 0 Å². The van der Waals surface area contributed by atoms with Gasteiger partial charge in [-0.3, -0.25) is 4.90 Å². The highest BCUT2D eigenvalue weighted by atomic mass is 32.2. The third kappa shape index (κ3) is 3.82. The second-order valence-electron chi connectivity index (χ2n) is 8.17. The minimum Gasteiger partial charge on any atom is -0.289 e. The van der Waals surface area contributed by atoms with Gasteiger partial charge in [0.2, 0.25) is 0 Å². The molecule has 5 rings (SSSR count). The molecule has 0 bridgehead atoms. The molecule has 0 amide bonds. The van der Waals surface area contributed by atoms with E-state index in [9.17, 15) is 8.42 Å². The summed E-state index contributed by atoms with van der Waals surface area (Å²) in [5.74, 6) is -0.0813. The fraction of sp³-hybridized carbons (Fsp3) is 0.391. The van der Waals surface area contributed by atoms with Crippen LogP contribution in [0.25, 0.3) is 0 Å². The Morgan fingerprint density at radius 2 is 1.90 bits per heavy atom. The molecule has 2 aromatic carbocycles. The van der Waals surface area contributed by atoms with Crippen molar-refractivity contribution >= 4 is 21.4 Å². The summed E-state index contributed by atoms with van der Waals surface area (Å²) >= 11 is 1.14. The van der Waals surface area contributed by atoms with Gasteiger partial charge >= 0.3 is 0 Å². The lowest BCUT2D eigenvalue weighted by molar-refractivity contribution is 0.0942. The fourth-order valence-electron chi connectivity index (χ4n) is 4.97. The van der Waals surface area contributed by atoms with E-state index in [1.54, 1.807) is 6.07 Å². The smallest absolute Gasteiger partial charge is 0.184 e. The van der Waals surface area contributed by atoms with E-state index in [1.165, 1.54) is 42.3 Å². The van der Waals surface area contributed by atoms with Crippen molar-refractivity contribution in [1.29, 1.82) is 0 Å². The van der Waals surface area contributed by atoms with Gasteiger partial charge in [-0.05, 0) is 72.6 Å². The van der Waals surface area contributed by atoms with E-state index in [-0.39, 0.29) is 5.75 Å². The topological polar surface area (TPSA) is 63.2 Å². The number of fused-ring (bicyclic) bond motifs is 1. The highest BCUT2D eigenvalue weighted by Gasteiger charge is 2.35. The van der Waals surface area contributed by atoms with Gasteiger partial charge in [-0.2, -0.15) is 4.37 Å². The molecule has 1 aliphatic carbocycles. The Morgan fingerprint density at radius 3 is 2.70 bits per heavy atom. The normalized spacial score (nSPS) is 22.1. The summed E-state index contributed by atoms with van der Waals surface area (Å²) in [5.41, 5.74) is 3.87. The molecule has 3 aromatic rings. The van der Waals surface area contributed by atoms with Gasteiger partial charge in [0.25, 0.3) is 0 Å². The molecular formula is C23H25N3O2S2. The van der Waals surface area contributed by atoms with Crippen LogP contribution in [-0.2, 0) is 22.0 Å². The highest BCUT2D eigenvalue weighted by Crippen LogP contribution is 2.44. The summed E-state index contributed by atoms with van der Waals surface area (Å²) in [4.78, 5) is 7.08. The first-order chi connectivity index (χ1) is 14.6. The van der Waals surface area contributed by atoms with Gasteiger partial charge in [-0.15, -0.1) is 0 Å². The number of aromatic nitrogens is 2. The molecule has 0 spiro atoms. The summed E-state index contributed by atoms with van der Waals surface area (Å²) in [5, 5.41) is 0.535. The third-order valence-electron chi connectivity index (χ3n) is 6.37. The Bertz CT molecular complexity index is 1110. The third-order valence-corrected chi connectivity index (χ3v) is 8.84. The van der Waals surface area contributed by atoms with Crippen LogP contribution in [0.1, 0.15) is 59.5 Å². The first-order valence-electron chi connectivity index (χ1n) is 10.5. The minimum atomic E-state index is -3.41. The number of sulfone groups is 1. The van der Waals surface area contributed by atoms with Crippen molar-refractivity contribution in [3.63, 3.8) is 0 Å². The van der Waals surface area contributed by atoms with Crippen LogP contribution in [0.3, 0.4) is 0 Å². The van der Waals surface area contributed by atoms with Crippen LogP contribution in [0.4, 0.5) is 0 Å². The molecule has 0 saturated carbocycles. The largest absolute Gasteiger partial charge is 0.289 e. The predicted molar refractivity (Wildman–Crippen MR) is 118 cm³/mol. The van der Waals surface area contributed by atoms with Crippen molar-refractivity contribution in [2.24, 2.45) is 0 Å². The summed E-state index contributed by atoms with van der Waals surface area (Å²) < 4.78 is 29.6. The lowest BCUT2D eigenvalue weighted by atomic mass is 9.92. The number of piperidine rings is 1. The molecule has 0 unspecified atom stereocenters. The predicted octanol–water partition coefficient (Wildman–Crippen LogP) is 4.73. The van der Waals surface area contributed by atoms with Crippen LogP contribution in [0.5, 0.6) is 0 Å². The zero-order valence-corrected chi connectivity index (χ0v) is 18.4. The van der Waals surface area contributed by atoms with Gasteiger partial charge in [0.1, 0.15) is 17.1 Å². The quantitative estimate of drug-likeness (QED) is 0.575. The van der Waals surface area contributed by atoms with E-state index in [1.807, 2.05) is 6.07 Å². The van der Waals surface area contributed by atoms with Crippen molar-refractivity contribution in [2.75, 3.05) is 6.54 Å². The Balaban J connectivity index is 1.42. The molecule has 1 saturated heterocycles. The van der Waals surface area contributed by atoms with Crippen LogP contribution < -0.4 is 0 Å². The molecule has 2 heterocycles. The van der Waals surface area contributed by atoms with Crippen molar-refractivity contribution in [3.05, 3.63) is 76.6 Å². The second kappa shape index (κ2) is 8.21. The number of rotatable bonds is 5. The molecule has 1 fully saturated rings. The number of benzene rings is 2. The first kappa shape index (κ1) is 19.8. The van der Waals surface area contributed by atoms with Gasteiger partial charge in [-0.1, -0.05) is 42.8 Å². The average Bonchev–Trinajstić information content (AvgIpc) is 3.43. The number of nitrogens with zero attached hydrogens (tertiary/aromatic N) is 3. The number of aryl methyl sites for hydroxylation is 1. The van der Waals surface area contributed by atoms with Crippen LogP contribution in [0.15, 0.2) is 59.8 Å². The van der Waals surface area contributed by atoms with E-state index < -0.39 is 9.84 Å². The molecule has 0 radical (unpaired) electrons. The van der Waals surface area contributed by atoms with Crippen molar-refractivity contribution in [2.45, 2.75) is 54.8 Å². The van der Waals surface area contributed by atoms with Crippen LogP contribution >= 0.6 is 11.5 Å². The highest BCUT2D eigenvalue weighted by molar-refractivity contribution is 7.90. The Kier molecular flexibility index (Phi) is 5.43. The van der Waals surface area contributed by atoms with Gasteiger partial charge in [0, 0.05) is 12.1 Å². The first-order valence-corrected chi connectivity index (χ1v) is 13.0. The molecule has 30 heavy (non-hydrogen) atoms. The monoisotopic (exact) mass is 439 g/mol. The molecule has 1 aromatic heterocycles. The molecule has 2 aliphatic rings. The number of hydrogen-bond donors (Lipinski definition) is 0. The maximum absolute atomic E-state index is 12.8. The molecule has 1 aliphatic heterocycles. The lowest BCUT2D eigenvalue weighted by Crippen LogP contribution is -2.35. The molecule has 0 N–H and O–H groups in total. The minimum absolute atomic E-state index is 0.0813. The van der Waals surface area contributed by atoms with E-state index in [0.29, 0.717) is 22.0 Å². The maximum Gasteiger partial charge on any atom is 0.184 e. The molecule has 2 atom stereocenters. The Labute approximate surface area is 181 Å². The van der Waals surface area contributed by atoms with E-state index in [0.717, 1.165) is 30.9 Å². The van der Waals surface area contributed by atoms with Crippen LogP contribution in [0, 0.1) is 0 Å².